The first-order valence-corrected chi connectivity index (χ1v) is 18.0. The van der Waals surface area contributed by atoms with Crippen LogP contribution in [0, 0.1) is 13.8 Å². The molecule has 2 aromatic rings. The molecule has 39 heavy (non-hydrogen) atoms. The van der Waals surface area contributed by atoms with Crippen LogP contribution in [0.4, 0.5) is 0 Å². The molecule has 2 rings (SSSR count). The number of hydrogen-bond acceptors (Lipinski definition) is 9. The van der Waals surface area contributed by atoms with Gasteiger partial charge in [0.15, 0.2) is 0 Å². The van der Waals surface area contributed by atoms with E-state index in [4.69, 9.17) is 35.5 Å². The zero-order valence-corrected chi connectivity index (χ0v) is 26.4. The van der Waals surface area contributed by atoms with E-state index in [1.165, 1.54) is 32.9 Å². The monoisotopic (exact) mass is 594 g/mol. The van der Waals surface area contributed by atoms with Crippen LogP contribution in [0.2, 0.25) is 0 Å². The van der Waals surface area contributed by atoms with Gasteiger partial charge in [-0.15, -0.1) is 12.2 Å². The Morgan fingerprint density at radius 1 is 0.590 bits per heavy atom. The fourth-order valence-electron chi connectivity index (χ4n) is 4.29. The zero-order valence-electron chi connectivity index (χ0n) is 23.8. The average molecular weight is 595 g/mol. The quantitative estimate of drug-likeness (QED) is 0.0528. The fourth-order valence-corrected chi connectivity index (χ4v) is 8.41. The summed E-state index contributed by atoms with van der Waals surface area (Å²) in [5.41, 5.74) is 16.0. The molecule has 0 amide bonds. The summed E-state index contributed by atoms with van der Waals surface area (Å²) < 4.78 is 0. The third kappa shape index (κ3) is 13.1. The molecule has 11 heteroatoms. The highest BCUT2D eigenvalue weighted by Crippen LogP contribution is 2.50. The van der Waals surface area contributed by atoms with Crippen molar-refractivity contribution < 1.29 is 0 Å². The van der Waals surface area contributed by atoms with E-state index >= 15 is 0 Å². The minimum absolute atomic E-state index is 0.672. The van der Waals surface area contributed by atoms with Crippen LogP contribution in [0.15, 0.2) is 36.4 Å². The molecule has 0 heterocycles. The van der Waals surface area contributed by atoms with Crippen molar-refractivity contribution in [2.45, 2.75) is 26.9 Å². The van der Waals surface area contributed by atoms with E-state index in [2.05, 4.69) is 82.1 Å². The second kappa shape index (κ2) is 20.1. The first kappa shape index (κ1) is 34.3. The molecule has 0 aromatic heterocycles. The first-order chi connectivity index (χ1) is 18.9. The second-order valence-electron chi connectivity index (χ2n) is 9.77. The van der Waals surface area contributed by atoms with Gasteiger partial charge in [-0.2, -0.15) is 0 Å². The largest absolute Gasteiger partial charge is 0.329 e. The van der Waals surface area contributed by atoms with Crippen LogP contribution in [0.5, 0.6) is 0 Å². The lowest BCUT2D eigenvalue weighted by Crippen LogP contribution is -2.34. The maximum atomic E-state index is 6.34. The number of nitrogens with two attached hydrogens (primary N) is 2. The van der Waals surface area contributed by atoms with Gasteiger partial charge in [-0.3, -0.25) is 0 Å². The van der Waals surface area contributed by atoms with Gasteiger partial charge < -0.3 is 43.4 Å². The number of benzene rings is 2. The van der Waals surface area contributed by atoms with Gasteiger partial charge in [0.25, 0.3) is 0 Å². The van der Waals surface area contributed by atoms with Crippen molar-refractivity contribution in [3.05, 3.63) is 58.7 Å². The summed E-state index contributed by atoms with van der Waals surface area (Å²) in [5.74, 6) is 0. The Bertz CT molecular complexity index is 932. The third-order valence-corrected chi connectivity index (χ3v) is 11.0. The summed E-state index contributed by atoms with van der Waals surface area (Å²) >= 11 is 11.6. The maximum absolute atomic E-state index is 6.34. The zero-order chi connectivity index (χ0) is 28.3. The third-order valence-electron chi connectivity index (χ3n) is 6.31. The molecule has 8 nitrogen and oxygen atoms in total. The van der Waals surface area contributed by atoms with Gasteiger partial charge >= 0.3 is 0 Å². The molecule has 0 bridgehead atoms. The van der Waals surface area contributed by atoms with Crippen LogP contribution in [0.25, 0.3) is 0 Å². The Morgan fingerprint density at radius 2 is 0.923 bits per heavy atom. The summed E-state index contributed by atoms with van der Waals surface area (Å²) in [6.45, 7) is 16.2. The minimum atomic E-state index is -2.29. The normalized spacial score (nSPS) is 11.8. The standard InChI is InChI=1S/C28H51N8PS2/c1-23-3-5-27(25(19-23)21-35-17-15-33-13-11-31-9-7-29)37(38,39)28-6-4-24(2)20-26(28)22-36-18-16-34-14-12-32-10-8-30/h3-6,19-20,31-36H,7-18,21-22,29-30H2,1-2H3,(H,38,39). The van der Waals surface area contributed by atoms with Crippen LogP contribution in [0.1, 0.15) is 22.3 Å². The molecule has 2 aromatic carbocycles. The Kier molecular flexibility index (Phi) is 17.7. The van der Waals surface area contributed by atoms with Crippen LogP contribution in [-0.4, -0.2) is 78.5 Å². The molecular weight excluding hydrogens is 543 g/mol. The minimum Gasteiger partial charge on any atom is -0.329 e. The highest BCUT2D eigenvalue weighted by atomic mass is 32.9. The second-order valence-corrected chi connectivity index (χ2v) is 16.1. The van der Waals surface area contributed by atoms with E-state index in [1.807, 2.05) is 0 Å². The molecule has 0 fully saturated rings. The molecule has 0 aliphatic heterocycles. The van der Waals surface area contributed by atoms with Crippen molar-refractivity contribution in [3.63, 3.8) is 0 Å². The van der Waals surface area contributed by atoms with Crippen LogP contribution in [-0.2, 0) is 24.9 Å². The van der Waals surface area contributed by atoms with Gasteiger partial charge in [0, 0.05) is 102 Å². The Hall–Kier alpha value is -0.880. The molecule has 0 saturated heterocycles. The van der Waals surface area contributed by atoms with E-state index in [1.54, 1.807) is 0 Å². The summed E-state index contributed by atoms with van der Waals surface area (Å²) in [6.07, 6.45) is 0. The summed E-state index contributed by atoms with van der Waals surface area (Å²) in [7, 11) is 0. The smallest absolute Gasteiger partial charge is 0.0590 e. The number of rotatable bonds is 22. The molecule has 0 saturated carbocycles. The number of nitrogens with one attached hydrogen (secondary N) is 6. The number of hydrogen-bond donors (Lipinski definition) is 9. The highest BCUT2D eigenvalue weighted by Gasteiger charge is 2.24. The van der Waals surface area contributed by atoms with Gasteiger partial charge in [-0.1, -0.05) is 59.3 Å². The first-order valence-electron chi connectivity index (χ1n) is 14.1. The Balaban J connectivity index is 1.98. The van der Waals surface area contributed by atoms with Gasteiger partial charge in [-0.05, 0) is 25.0 Å². The highest BCUT2D eigenvalue weighted by molar-refractivity contribution is 8.68. The van der Waals surface area contributed by atoms with Crippen LogP contribution in [0.3, 0.4) is 0 Å². The lowest BCUT2D eigenvalue weighted by molar-refractivity contribution is 0.583. The number of aryl methyl sites for hydroxylation is 2. The van der Waals surface area contributed by atoms with Crippen molar-refractivity contribution in [2.24, 2.45) is 11.5 Å². The predicted octanol–water partition coefficient (Wildman–Crippen LogP) is 0.0335. The van der Waals surface area contributed by atoms with Gasteiger partial charge in [0.1, 0.15) is 0 Å². The molecule has 10 N–H and O–H groups in total. The fraction of sp³-hybridized carbons (Fsp3) is 0.571. The van der Waals surface area contributed by atoms with Gasteiger partial charge in [0.05, 0.1) is 5.24 Å². The maximum Gasteiger partial charge on any atom is 0.0590 e. The van der Waals surface area contributed by atoms with Crippen molar-refractivity contribution in [1.82, 2.24) is 31.9 Å². The lowest BCUT2D eigenvalue weighted by Gasteiger charge is -2.24. The molecule has 0 aliphatic carbocycles. The molecule has 0 aliphatic rings. The summed E-state index contributed by atoms with van der Waals surface area (Å²) in [6, 6.07) is 13.2. The summed E-state index contributed by atoms with van der Waals surface area (Å²) in [5, 5.41) is 20.8. The van der Waals surface area contributed by atoms with Gasteiger partial charge in [0.2, 0.25) is 0 Å². The molecule has 0 unspecified atom stereocenters. The van der Waals surface area contributed by atoms with E-state index in [0.717, 1.165) is 78.5 Å². The molecule has 0 radical (unpaired) electrons. The van der Waals surface area contributed by atoms with Crippen molar-refractivity contribution in [3.8, 4) is 0 Å². The SMILES string of the molecule is Cc1ccc(P(=S)(S)c2ccc(C)cc2CNCCNCCNCCN)c(CNCCNCCNCCN)c1. The molecule has 0 atom stereocenters. The van der Waals surface area contributed by atoms with Crippen molar-refractivity contribution in [1.29, 1.82) is 0 Å². The van der Waals surface area contributed by atoms with Crippen molar-refractivity contribution in [2.75, 3.05) is 78.5 Å². The van der Waals surface area contributed by atoms with E-state index in [9.17, 15) is 0 Å². The van der Waals surface area contributed by atoms with Crippen LogP contribution < -0.4 is 54.0 Å². The predicted molar refractivity (Wildman–Crippen MR) is 178 cm³/mol. The molecule has 220 valence electrons. The Labute approximate surface area is 246 Å². The summed E-state index contributed by atoms with van der Waals surface area (Å²) in [4.78, 5) is 0. The number of thiol groups is 1. The average Bonchev–Trinajstić information content (AvgIpc) is 2.91. The lowest BCUT2D eigenvalue weighted by atomic mass is 10.1. The van der Waals surface area contributed by atoms with E-state index < -0.39 is 5.24 Å². The molecular formula is C28H51N8PS2. The topological polar surface area (TPSA) is 124 Å². The van der Waals surface area contributed by atoms with Crippen molar-refractivity contribution >= 4 is 39.9 Å². The molecule has 0 spiro atoms. The van der Waals surface area contributed by atoms with Crippen LogP contribution >= 0.6 is 17.5 Å². The Morgan fingerprint density at radius 3 is 1.28 bits per heavy atom. The van der Waals surface area contributed by atoms with E-state index in [-0.39, 0.29) is 0 Å². The van der Waals surface area contributed by atoms with Gasteiger partial charge in [-0.25, -0.2) is 0 Å². The van der Waals surface area contributed by atoms with E-state index in [0.29, 0.717) is 13.1 Å².